The maximum atomic E-state index is 12.5. The zero-order chi connectivity index (χ0) is 18.4. The Kier molecular flexibility index (Phi) is 5.20. The molecule has 6 nitrogen and oxygen atoms in total. The van der Waals surface area contributed by atoms with E-state index in [2.05, 4.69) is 21.4 Å². The number of nitrogens with one attached hydrogen (secondary N) is 1. The summed E-state index contributed by atoms with van der Waals surface area (Å²) in [5.74, 6) is 0.336. The van der Waals surface area contributed by atoms with Gasteiger partial charge in [-0.05, 0) is 29.8 Å². The van der Waals surface area contributed by atoms with E-state index < -0.39 is 0 Å². The molecule has 0 fully saturated rings. The molecule has 6 heteroatoms. The highest BCUT2D eigenvalue weighted by Gasteiger charge is 2.14. The van der Waals surface area contributed by atoms with Crippen LogP contribution in [0.3, 0.4) is 0 Å². The molecule has 0 saturated carbocycles. The lowest BCUT2D eigenvalue weighted by atomic mass is 10.2. The lowest BCUT2D eigenvalue weighted by Crippen LogP contribution is -2.27. The molecule has 3 rings (SSSR count). The van der Waals surface area contributed by atoms with E-state index in [4.69, 9.17) is 5.26 Å². The van der Waals surface area contributed by atoms with Crippen LogP contribution in [0.2, 0.25) is 0 Å². The minimum absolute atomic E-state index is 0.189. The molecule has 1 aromatic heterocycles. The minimum Gasteiger partial charge on any atom is -0.339 e. The van der Waals surface area contributed by atoms with Gasteiger partial charge in [0.1, 0.15) is 11.5 Å². The van der Waals surface area contributed by atoms with E-state index in [9.17, 15) is 4.79 Å². The summed E-state index contributed by atoms with van der Waals surface area (Å²) < 4.78 is 0. The monoisotopic (exact) mass is 343 g/mol. The maximum absolute atomic E-state index is 12.5. The fraction of sp³-hybridized carbons (Fsp3) is 0.100. The summed E-state index contributed by atoms with van der Waals surface area (Å²) in [7, 11) is 1.74. The number of benzene rings is 2. The molecule has 0 aliphatic rings. The third-order valence-corrected chi connectivity index (χ3v) is 3.77. The largest absolute Gasteiger partial charge is 0.339 e. The van der Waals surface area contributed by atoms with Gasteiger partial charge in [0.25, 0.3) is 5.91 Å². The van der Waals surface area contributed by atoms with Crippen molar-refractivity contribution in [2.75, 3.05) is 12.4 Å². The van der Waals surface area contributed by atoms with Crippen molar-refractivity contribution in [3.8, 4) is 6.07 Å². The van der Waals surface area contributed by atoms with Gasteiger partial charge in [-0.2, -0.15) is 5.26 Å². The smallest absolute Gasteiger partial charge is 0.274 e. The maximum Gasteiger partial charge on any atom is 0.274 e. The Balaban J connectivity index is 1.64. The van der Waals surface area contributed by atoms with Crippen molar-refractivity contribution in [3.05, 3.63) is 83.8 Å². The Bertz CT molecular complexity index is 915. The number of nitrogens with zero attached hydrogens (tertiary/aromatic N) is 4. The van der Waals surface area contributed by atoms with Gasteiger partial charge in [-0.1, -0.05) is 30.3 Å². The summed E-state index contributed by atoms with van der Waals surface area (Å²) in [6.07, 6.45) is 2.97. The number of aromatic nitrogens is 2. The molecule has 0 spiro atoms. The zero-order valence-corrected chi connectivity index (χ0v) is 14.3. The van der Waals surface area contributed by atoms with Crippen LogP contribution in [-0.4, -0.2) is 27.8 Å². The SMILES string of the molecule is CN(Cc1ccccc1)C(=O)c1cnc(Nc2ccc(C#N)cc2)cn1. The highest BCUT2D eigenvalue weighted by molar-refractivity contribution is 5.91. The molecular formula is C20H17N5O. The predicted octanol–water partition coefficient (Wildman–Crippen LogP) is 3.36. The normalized spacial score (nSPS) is 10.0. The van der Waals surface area contributed by atoms with Crippen molar-refractivity contribution in [2.24, 2.45) is 0 Å². The number of anilines is 2. The highest BCUT2D eigenvalue weighted by Crippen LogP contribution is 2.15. The van der Waals surface area contributed by atoms with Crippen LogP contribution in [0.1, 0.15) is 21.6 Å². The fourth-order valence-electron chi connectivity index (χ4n) is 2.40. The molecule has 0 radical (unpaired) electrons. The molecule has 0 aliphatic heterocycles. The average Bonchev–Trinajstić information content (AvgIpc) is 2.69. The fourth-order valence-corrected chi connectivity index (χ4v) is 2.40. The molecule has 2 aromatic carbocycles. The van der Waals surface area contributed by atoms with E-state index in [-0.39, 0.29) is 11.6 Å². The molecule has 3 aromatic rings. The summed E-state index contributed by atoms with van der Waals surface area (Å²) in [6.45, 7) is 0.507. The first-order valence-corrected chi connectivity index (χ1v) is 8.04. The second kappa shape index (κ2) is 7.90. The standard InChI is InChI=1S/C20H17N5O/c1-25(14-16-5-3-2-4-6-16)20(26)18-12-23-19(13-22-18)24-17-9-7-15(11-21)8-10-17/h2-10,12-13H,14H2,1H3,(H,23,24). The van der Waals surface area contributed by atoms with E-state index in [1.807, 2.05) is 30.3 Å². The topological polar surface area (TPSA) is 81.9 Å². The van der Waals surface area contributed by atoms with Gasteiger partial charge in [0, 0.05) is 19.3 Å². The molecule has 0 aliphatic carbocycles. The molecule has 1 N–H and O–H groups in total. The molecule has 0 saturated heterocycles. The van der Waals surface area contributed by atoms with E-state index in [0.29, 0.717) is 17.9 Å². The Morgan fingerprint density at radius 3 is 2.42 bits per heavy atom. The summed E-state index contributed by atoms with van der Waals surface area (Å²) in [5, 5.41) is 11.9. The summed E-state index contributed by atoms with van der Waals surface area (Å²) >= 11 is 0. The highest BCUT2D eigenvalue weighted by atomic mass is 16.2. The summed E-state index contributed by atoms with van der Waals surface area (Å²) in [5.41, 5.74) is 2.71. The van der Waals surface area contributed by atoms with Crippen molar-refractivity contribution in [2.45, 2.75) is 6.54 Å². The summed E-state index contributed by atoms with van der Waals surface area (Å²) in [6, 6.07) is 18.8. The number of nitriles is 1. The van der Waals surface area contributed by atoms with E-state index in [1.165, 1.54) is 12.4 Å². The van der Waals surface area contributed by atoms with Gasteiger partial charge >= 0.3 is 0 Å². The number of amides is 1. The molecule has 0 unspecified atom stereocenters. The van der Waals surface area contributed by atoms with Gasteiger partial charge in [0.05, 0.1) is 24.0 Å². The van der Waals surface area contributed by atoms with Crippen molar-refractivity contribution in [1.29, 1.82) is 5.26 Å². The van der Waals surface area contributed by atoms with Crippen LogP contribution >= 0.6 is 0 Å². The molecular weight excluding hydrogens is 326 g/mol. The van der Waals surface area contributed by atoms with Gasteiger partial charge in [0.15, 0.2) is 0 Å². The van der Waals surface area contributed by atoms with Crippen molar-refractivity contribution in [1.82, 2.24) is 14.9 Å². The third-order valence-electron chi connectivity index (χ3n) is 3.77. The Morgan fingerprint density at radius 1 is 1.08 bits per heavy atom. The van der Waals surface area contributed by atoms with Crippen LogP contribution in [0, 0.1) is 11.3 Å². The lowest BCUT2D eigenvalue weighted by Gasteiger charge is -2.16. The first kappa shape index (κ1) is 17.1. The number of carbonyl (C=O) groups excluding carboxylic acids is 1. The van der Waals surface area contributed by atoms with Crippen molar-refractivity contribution in [3.63, 3.8) is 0 Å². The van der Waals surface area contributed by atoms with Crippen LogP contribution < -0.4 is 5.32 Å². The molecule has 1 amide bonds. The average molecular weight is 343 g/mol. The lowest BCUT2D eigenvalue weighted by molar-refractivity contribution is 0.0779. The zero-order valence-electron chi connectivity index (χ0n) is 14.3. The summed E-state index contributed by atoms with van der Waals surface area (Å²) in [4.78, 5) is 22.5. The van der Waals surface area contributed by atoms with Crippen molar-refractivity contribution < 1.29 is 4.79 Å². The Morgan fingerprint density at radius 2 is 1.81 bits per heavy atom. The van der Waals surface area contributed by atoms with Crippen LogP contribution in [0.15, 0.2) is 67.0 Å². The third kappa shape index (κ3) is 4.22. The second-order valence-corrected chi connectivity index (χ2v) is 5.75. The molecule has 26 heavy (non-hydrogen) atoms. The van der Waals surface area contributed by atoms with Crippen LogP contribution in [0.25, 0.3) is 0 Å². The molecule has 0 bridgehead atoms. The predicted molar refractivity (Wildman–Crippen MR) is 98.7 cm³/mol. The first-order valence-electron chi connectivity index (χ1n) is 8.04. The van der Waals surface area contributed by atoms with Gasteiger partial charge in [-0.15, -0.1) is 0 Å². The van der Waals surface area contributed by atoms with E-state index in [0.717, 1.165) is 11.3 Å². The quantitative estimate of drug-likeness (QED) is 0.768. The number of carbonyl (C=O) groups is 1. The van der Waals surface area contributed by atoms with Gasteiger partial charge in [0.2, 0.25) is 0 Å². The Hall–Kier alpha value is -3.72. The number of hydrogen-bond donors (Lipinski definition) is 1. The van der Waals surface area contributed by atoms with Gasteiger partial charge < -0.3 is 10.2 Å². The number of hydrogen-bond acceptors (Lipinski definition) is 5. The van der Waals surface area contributed by atoms with Crippen molar-refractivity contribution >= 4 is 17.4 Å². The van der Waals surface area contributed by atoms with E-state index in [1.54, 1.807) is 36.2 Å². The Labute approximate surface area is 151 Å². The second-order valence-electron chi connectivity index (χ2n) is 5.75. The van der Waals surface area contributed by atoms with Crippen LogP contribution in [0.4, 0.5) is 11.5 Å². The molecule has 0 atom stereocenters. The molecule has 1 heterocycles. The van der Waals surface area contributed by atoms with Gasteiger partial charge in [-0.3, -0.25) is 4.79 Å². The van der Waals surface area contributed by atoms with Crippen LogP contribution in [-0.2, 0) is 6.54 Å². The van der Waals surface area contributed by atoms with E-state index >= 15 is 0 Å². The number of rotatable bonds is 5. The minimum atomic E-state index is -0.189. The van der Waals surface area contributed by atoms with Crippen LogP contribution in [0.5, 0.6) is 0 Å². The van der Waals surface area contributed by atoms with Gasteiger partial charge in [-0.25, -0.2) is 9.97 Å². The first-order chi connectivity index (χ1) is 12.7. The molecule has 128 valence electrons.